The zero-order valence-electron chi connectivity index (χ0n) is 7.99. The molecular weight excluding hydrogens is 218 g/mol. The van der Waals surface area contributed by atoms with Gasteiger partial charge in [-0.1, -0.05) is 18.5 Å². The molecule has 0 saturated carbocycles. The van der Waals surface area contributed by atoms with Crippen molar-refractivity contribution in [3.8, 4) is 0 Å². The Morgan fingerprint density at radius 3 is 2.80 bits per heavy atom. The number of fused-ring (bicyclic) bond motifs is 1. The molecule has 2 rings (SSSR count). The van der Waals surface area contributed by atoms with Gasteiger partial charge in [0.05, 0.1) is 4.92 Å². The summed E-state index contributed by atoms with van der Waals surface area (Å²) < 4.78 is 0. The number of ketones is 1. The molecule has 0 aliphatic heterocycles. The normalized spacial score (nSPS) is 19.1. The van der Waals surface area contributed by atoms with Crippen LogP contribution < -0.4 is 0 Å². The minimum absolute atomic E-state index is 0.0373. The van der Waals surface area contributed by atoms with Crippen LogP contribution >= 0.6 is 11.6 Å². The Bertz CT molecular complexity index is 470. The first-order valence-corrected chi connectivity index (χ1v) is 4.89. The predicted molar refractivity (Wildman–Crippen MR) is 55.3 cm³/mol. The summed E-state index contributed by atoms with van der Waals surface area (Å²) >= 11 is 5.75. The van der Waals surface area contributed by atoms with Crippen LogP contribution in [0.4, 0.5) is 5.69 Å². The number of carbonyl (C=O) groups excluding carboxylic acids is 1. The minimum atomic E-state index is -0.571. The van der Waals surface area contributed by atoms with E-state index in [4.69, 9.17) is 11.6 Å². The van der Waals surface area contributed by atoms with Crippen LogP contribution in [0.15, 0.2) is 12.1 Å². The maximum atomic E-state index is 11.6. The fraction of sp³-hybridized carbons (Fsp3) is 0.300. The van der Waals surface area contributed by atoms with Gasteiger partial charge in [0.25, 0.3) is 5.69 Å². The summed E-state index contributed by atoms with van der Waals surface area (Å²) in [7, 11) is 0. The number of Topliss-reactive ketones (excluding diaryl/α,β-unsaturated/α-hetero) is 1. The fourth-order valence-electron chi connectivity index (χ4n) is 1.83. The summed E-state index contributed by atoms with van der Waals surface area (Å²) in [6.07, 6.45) is 0.617. The smallest absolute Gasteiger partial charge is 0.288 e. The molecule has 4 nitrogen and oxygen atoms in total. The van der Waals surface area contributed by atoms with Gasteiger partial charge in [-0.15, -0.1) is 0 Å². The number of hydrogen-bond acceptors (Lipinski definition) is 3. The van der Waals surface area contributed by atoms with Crippen LogP contribution in [-0.2, 0) is 6.42 Å². The number of nitrogens with zero attached hydrogens (tertiary/aromatic N) is 1. The van der Waals surface area contributed by atoms with E-state index < -0.39 is 4.92 Å². The second kappa shape index (κ2) is 3.31. The van der Waals surface area contributed by atoms with Crippen molar-refractivity contribution in [2.75, 3.05) is 0 Å². The maximum absolute atomic E-state index is 11.6. The molecule has 5 heteroatoms. The van der Waals surface area contributed by atoms with Crippen LogP contribution in [0.2, 0.25) is 5.02 Å². The van der Waals surface area contributed by atoms with Crippen molar-refractivity contribution in [2.45, 2.75) is 13.3 Å². The molecule has 0 heterocycles. The van der Waals surface area contributed by atoms with Crippen molar-refractivity contribution >= 4 is 23.1 Å². The second-order valence-corrected chi connectivity index (χ2v) is 4.09. The average Bonchev–Trinajstić information content (AvgIpc) is 2.41. The van der Waals surface area contributed by atoms with E-state index in [0.29, 0.717) is 12.0 Å². The fourth-order valence-corrected chi connectivity index (χ4v) is 2.08. The molecule has 0 N–H and O–H groups in total. The summed E-state index contributed by atoms with van der Waals surface area (Å²) in [5.74, 6) is -0.136. The third kappa shape index (κ3) is 1.51. The largest absolute Gasteiger partial charge is 0.294 e. The molecule has 1 unspecified atom stereocenters. The predicted octanol–water partition coefficient (Wildman–Crippen LogP) is 2.62. The van der Waals surface area contributed by atoms with Crippen molar-refractivity contribution in [3.63, 3.8) is 0 Å². The molecule has 78 valence electrons. The highest BCUT2D eigenvalue weighted by Gasteiger charge is 2.30. The second-order valence-electron chi connectivity index (χ2n) is 3.69. The number of carbonyl (C=O) groups is 1. The Balaban J connectivity index is 2.60. The monoisotopic (exact) mass is 225 g/mol. The van der Waals surface area contributed by atoms with Crippen molar-refractivity contribution in [3.05, 3.63) is 38.4 Å². The van der Waals surface area contributed by atoms with Gasteiger partial charge >= 0.3 is 0 Å². The topological polar surface area (TPSA) is 60.2 Å². The lowest BCUT2D eigenvalue weighted by molar-refractivity contribution is -0.384. The van der Waals surface area contributed by atoms with E-state index in [1.807, 2.05) is 6.92 Å². The van der Waals surface area contributed by atoms with Crippen molar-refractivity contribution in [1.82, 2.24) is 0 Å². The summed E-state index contributed by atoms with van der Waals surface area (Å²) in [6.45, 7) is 1.81. The highest BCUT2D eigenvalue weighted by Crippen LogP contribution is 2.34. The van der Waals surface area contributed by atoms with E-state index in [2.05, 4.69) is 0 Å². The highest BCUT2D eigenvalue weighted by molar-refractivity contribution is 6.33. The number of hydrogen-bond donors (Lipinski definition) is 0. The van der Waals surface area contributed by atoms with Crippen LogP contribution in [0.3, 0.4) is 0 Å². The molecule has 0 saturated heterocycles. The van der Waals surface area contributed by atoms with Crippen molar-refractivity contribution < 1.29 is 9.72 Å². The lowest BCUT2D eigenvalue weighted by atomic mass is 10.1. The summed E-state index contributed by atoms with van der Waals surface area (Å²) in [6, 6.07) is 2.81. The third-order valence-corrected chi connectivity index (χ3v) is 2.91. The van der Waals surface area contributed by atoms with Crippen LogP contribution in [0.25, 0.3) is 0 Å². The lowest BCUT2D eigenvalue weighted by Gasteiger charge is -1.99. The Labute approximate surface area is 91.0 Å². The molecule has 0 bridgehead atoms. The number of rotatable bonds is 1. The van der Waals surface area contributed by atoms with Gasteiger partial charge in [-0.3, -0.25) is 14.9 Å². The van der Waals surface area contributed by atoms with E-state index in [1.54, 1.807) is 0 Å². The number of nitro benzene ring substituents is 1. The summed E-state index contributed by atoms with van der Waals surface area (Å²) in [5, 5.41) is 10.7. The molecule has 0 radical (unpaired) electrons. The summed E-state index contributed by atoms with van der Waals surface area (Å²) in [5.41, 5.74) is 1.06. The Kier molecular flexibility index (Phi) is 2.23. The van der Waals surface area contributed by atoms with E-state index in [1.165, 1.54) is 12.1 Å². The van der Waals surface area contributed by atoms with E-state index in [-0.39, 0.29) is 22.4 Å². The SMILES string of the molecule is CC1Cc2cc(Cl)c([N+](=O)[O-])cc2C1=O. The standard InChI is InChI=1S/C10H8ClNO3/c1-5-2-6-3-8(11)9(12(14)15)4-7(6)10(5)13/h3-5H,2H2,1H3. The molecule has 0 aromatic heterocycles. The Morgan fingerprint density at radius 1 is 1.53 bits per heavy atom. The van der Waals surface area contributed by atoms with Gasteiger partial charge in [0.2, 0.25) is 0 Å². The van der Waals surface area contributed by atoms with Gasteiger partial charge in [0.15, 0.2) is 5.78 Å². The van der Waals surface area contributed by atoms with Crippen LogP contribution in [0.5, 0.6) is 0 Å². The first-order chi connectivity index (χ1) is 7.00. The Morgan fingerprint density at radius 2 is 2.20 bits per heavy atom. The molecule has 0 fully saturated rings. The third-order valence-electron chi connectivity index (χ3n) is 2.61. The maximum Gasteiger partial charge on any atom is 0.288 e. The highest BCUT2D eigenvalue weighted by atomic mass is 35.5. The van der Waals surface area contributed by atoms with E-state index >= 15 is 0 Å². The molecule has 1 aliphatic carbocycles. The first-order valence-electron chi connectivity index (χ1n) is 4.51. The van der Waals surface area contributed by atoms with Crippen LogP contribution in [0.1, 0.15) is 22.8 Å². The molecule has 15 heavy (non-hydrogen) atoms. The van der Waals surface area contributed by atoms with Gasteiger partial charge in [-0.2, -0.15) is 0 Å². The Hall–Kier alpha value is -1.42. The first kappa shape index (κ1) is 10.1. The van der Waals surface area contributed by atoms with Gasteiger partial charge in [0.1, 0.15) is 5.02 Å². The zero-order valence-corrected chi connectivity index (χ0v) is 8.75. The van der Waals surface area contributed by atoms with Gasteiger partial charge in [-0.25, -0.2) is 0 Å². The molecule has 0 spiro atoms. The number of nitro groups is 1. The van der Waals surface area contributed by atoms with Gasteiger partial charge < -0.3 is 0 Å². The molecule has 1 aromatic rings. The van der Waals surface area contributed by atoms with Crippen molar-refractivity contribution in [1.29, 1.82) is 0 Å². The van der Waals surface area contributed by atoms with E-state index in [0.717, 1.165) is 5.56 Å². The molecule has 0 amide bonds. The van der Waals surface area contributed by atoms with Crippen molar-refractivity contribution in [2.24, 2.45) is 5.92 Å². The number of benzene rings is 1. The molecule has 1 aliphatic rings. The van der Waals surface area contributed by atoms with Gasteiger partial charge in [-0.05, 0) is 18.1 Å². The lowest BCUT2D eigenvalue weighted by Crippen LogP contribution is -2.03. The van der Waals surface area contributed by atoms with Crippen LogP contribution in [-0.4, -0.2) is 10.7 Å². The van der Waals surface area contributed by atoms with Gasteiger partial charge in [0, 0.05) is 17.5 Å². The quantitative estimate of drug-likeness (QED) is 0.545. The molecule has 1 aromatic carbocycles. The average molecular weight is 226 g/mol. The zero-order chi connectivity index (χ0) is 11.2. The minimum Gasteiger partial charge on any atom is -0.294 e. The number of halogens is 1. The van der Waals surface area contributed by atoms with E-state index in [9.17, 15) is 14.9 Å². The summed E-state index contributed by atoms with van der Waals surface area (Å²) in [4.78, 5) is 21.7. The molecular formula is C10H8ClNO3. The molecule has 1 atom stereocenters. The van der Waals surface area contributed by atoms with Crippen LogP contribution in [0, 0.1) is 16.0 Å².